The van der Waals surface area contributed by atoms with Crippen LogP contribution in [0, 0.1) is 0 Å². The van der Waals surface area contributed by atoms with Gasteiger partial charge < -0.3 is 10.1 Å². The number of amides is 1. The summed E-state index contributed by atoms with van der Waals surface area (Å²) in [7, 11) is 0. The van der Waals surface area contributed by atoms with Crippen molar-refractivity contribution >= 4 is 17.4 Å². The van der Waals surface area contributed by atoms with E-state index >= 15 is 0 Å². The van der Waals surface area contributed by atoms with Crippen molar-refractivity contribution in [3.05, 3.63) is 23.8 Å². The van der Waals surface area contributed by atoms with Crippen molar-refractivity contribution in [1.29, 1.82) is 0 Å². The second-order valence-electron chi connectivity index (χ2n) is 6.15. The van der Waals surface area contributed by atoms with Gasteiger partial charge in [0.05, 0.1) is 5.69 Å². The lowest BCUT2D eigenvalue weighted by Gasteiger charge is -2.30. The molecule has 0 aliphatic carbocycles. The number of hydrogen-bond acceptors (Lipinski definition) is 4. The molecule has 1 N–H and O–H groups in total. The van der Waals surface area contributed by atoms with Gasteiger partial charge in [-0.1, -0.05) is 0 Å². The number of nitrogens with one attached hydrogen (secondary N) is 1. The molecule has 0 fully saturated rings. The van der Waals surface area contributed by atoms with Crippen LogP contribution >= 0.6 is 0 Å². The fraction of sp³-hybridized carbons (Fsp3) is 0.529. The number of ketones is 1. The summed E-state index contributed by atoms with van der Waals surface area (Å²) in [4.78, 5) is 26.0. The predicted octanol–water partition coefficient (Wildman–Crippen LogP) is 2.71. The lowest BCUT2D eigenvalue weighted by molar-refractivity contribution is -0.118. The van der Waals surface area contributed by atoms with E-state index in [0.717, 1.165) is 6.54 Å². The van der Waals surface area contributed by atoms with E-state index in [-0.39, 0.29) is 18.3 Å². The molecule has 1 aliphatic heterocycles. The van der Waals surface area contributed by atoms with Crippen LogP contribution in [0.25, 0.3) is 0 Å². The normalized spacial score (nSPS) is 14.0. The minimum Gasteiger partial charge on any atom is -0.482 e. The van der Waals surface area contributed by atoms with Crippen molar-refractivity contribution in [2.45, 2.75) is 46.2 Å². The molecule has 0 saturated carbocycles. The fourth-order valence-corrected chi connectivity index (χ4v) is 2.74. The molecule has 2 rings (SSSR count). The lowest BCUT2D eigenvalue weighted by Crippen LogP contribution is -2.38. The maximum atomic E-state index is 12.4. The average Bonchev–Trinajstić information content (AvgIpc) is 2.45. The molecule has 0 saturated heterocycles. The summed E-state index contributed by atoms with van der Waals surface area (Å²) in [6.07, 6.45) is 0.462. The number of carbonyl (C=O) groups is 2. The number of ether oxygens (including phenoxy) is 1. The Labute approximate surface area is 131 Å². The van der Waals surface area contributed by atoms with Crippen LogP contribution in [-0.4, -0.2) is 41.8 Å². The first-order valence-corrected chi connectivity index (χ1v) is 7.74. The first-order chi connectivity index (χ1) is 10.4. The maximum Gasteiger partial charge on any atom is 0.262 e. The van der Waals surface area contributed by atoms with Crippen LogP contribution < -0.4 is 10.1 Å². The van der Waals surface area contributed by atoms with Crippen LogP contribution in [0.15, 0.2) is 18.2 Å². The van der Waals surface area contributed by atoms with E-state index in [2.05, 4.69) is 37.9 Å². The molecule has 120 valence electrons. The smallest absolute Gasteiger partial charge is 0.262 e. The summed E-state index contributed by atoms with van der Waals surface area (Å²) < 4.78 is 5.30. The first kappa shape index (κ1) is 16.5. The molecule has 1 aliphatic rings. The Balaban J connectivity index is 2.04. The molecular formula is C17H24N2O3. The van der Waals surface area contributed by atoms with Crippen LogP contribution in [0.1, 0.15) is 44.5 Å². The molecule has 5 nitrogen and oxygen atoms in total. The first-order valence-electron chi connectivity index (χ1n) is 7.74. The van der Waals surface area contributed by atoms with E-state index in [1.807, 2.05) is 0 Å². The van der Waals surface area contributed by atoms with E-state index in [1.165, 1.54) is 0 Å². The zero-order chi connectivity index (χ0) is 16.3. The summed E-state index contributed by atoms with van der Waals surface area (Å²) in [5, 5.41) is 2.73. The van der Waals surface area contributed by atoms with Crippen LogP contribution in [0.5, 0.6) is 5.75 Å². The largest absolute Gasteiger partial charge is 0.482 e. The van der Waals surface area contributed by atoms with Gasteiger partial charge in [-0.2, -0.15) is 0 Å². The molecule has 1 heterocycles. The van der Waals surface area contributed by atoms with Gasteiger partial charge in [-0.05, 0) is 45.9 Å². The van der Waals surface area contributed by atoms with Crippen LogP contribution in [-0.2, 0) is 4.79 Å². The molecule has 1 amide bonds. The second kappa shape index (κ2) is 6.92. The molecule has 5 heteroatoms. The number of hydrogen-bond donors (Lipinski definition) is 1. The molecular weight excluding hydrogens is 280 g/mol. The van der Waals surface area contributed by atoms with Crippen molar-refractivity contribution in [1.82, 2.24) is 4.90 Å². The third kappa shape index (κ3) is 3.85. The Bertz CT molecular complexity index is 559. The number of anilines is 1. The zero-order valence-corrected chi connectivity index (χ0v) is 13.7. The van der Waals surface area contributed by atoms with Gasteiger partial charge in [-0.3, -0.25) is 14.5 Å². The molecule has 0 radical (unpaired) electrons. The second-order valence-corrected chi connectivity index (χ2v) is 6.15. The molecule has 0 spiro atoms. The summed E-state index contributed by atoms with van der Waals surface area (Å²) in [6.45, 7) is 9.30. The van der Waals surface area contributed by atoms with Gasteiger partial charge in [0.1, 0.15) is 5.75 Å². The van der Waals surface area contributed by atoms with Gasteiger partial charge in [0, 0.05) is 30.6 Å². The highest BCUT2D eigenvalue weighted by molar-refractivity contribution is 6.00. The van der Waals surface area contributed by atoms with Gasteiger partial charge in [-0.15, -0.1) is 0 Å². The Morgan fingerprint density at radius 2 is 1.95 bits per heavy atom. The van der Waals surface area contributed by atoms with Gasteiger partial charge in [0.2, 0.25) is 0 Å². The summed E-state index contributed by atoms with van der Waals surface area (Å²) in [6, 6.07) is 6.01. The van der Waals surface area contributed by atoms with Crippen molar-refractivity contribution in [2.75, 3.05) is 18.5 Å². The monoisotopic (exact) mass is 304 g/mol. The van der Waals surface area contributed by atoms with Crippen molar-refractivity contribution in [2.24, 2.45) is 0 Å². The standard InChI is InChI=1S/C17H24N2O3/c1-11(2)19(12(3)4)8-7-15(20)13-5-6-16-14(9-13)18-17(21)10-22-16/h5-6,9,11-12H,7-8,10H2,1-4H3,(H,18,21). The van der Waals surface area contributed by atoms with Crippen molar-refractivity contribution in [3.63, 3.8) is 0 Å². The predicted molar refractivity (Wildman–Crippen MR) is 86.5 cm³/mol. The minimum atomic E-state index is -0.192. The third-order valence-corrected chi connectivity index (χ3v) is 3.86. The number of Topliss-reactive ketones (excluding diaryl/α,β-unsaturated/α-hetero) is 1. The summed E-state index contributed by atoms with van der Waals surface area (Å²) in [5.41, 5.74) is 1.18. The Kier molecular flexibility index (Phi) is 5.19. The van der Waals surface area contributed by atoms with E-state index in [1.54, 1.807) is 18.2 Å². The average molecular weight is 304 g/mol. The molecule has 1 aromatic carbocycles. The van der Waals surface area contributed by atoms with Gasteiger partial charge >= 0.3 is 0 Å². The van der Waals surface area contributed by atoms with E-state index in [4.69, 9.17) is 4.74 Å². The number of carbonyl (C=O) groups excluding carboxylic acids is 2. The lowest BCUT2D eigenvalue weighted by atomic mass is 10.1. The van der Waals surface area contributed by atoms with Gasteiger partial charge in [0.25, 0.3) is 5.91 Å². The maximum absolute atomic E-state index is 12.4. The van der Waals surface area contributed by atoms with E-state index in [9.17, 15) is 9.59 Å². The number of rotatable bonds is 6. The molecule has 1 aromatic rings. The molecule has 0 unspecified atom stereocenters. The van der Waals surface area contributed by atoms with Crippen molar-refractivity contribution in [3.8, 4) is 5.75 Å². The van der Waals surface area contributed by atoms with E-state index < -0.39 is 0 Å². The third-order valence-electron chi connectivity index (χ3n) is 3.86. The van der Waals surface area contributed by atoms with Crippen molar-refractivity contribution < 1.29 is 14.3 Å². The number of nitrogens with zero attached hydrogens (tertiary/aromatic N) is 1. The van der Waals surface area contributed by atoms with Crippen LogP contribution in [0.2, 0.25) is 0 Å². The highest BCUT2D eigenvalue weighted by atomic mass is 16.5. The summed E-state index contributed by atoms with van der Waals surface area (Å²) in [5.74, 6) is 0.499. The Morgan fingerprint density at radius 1 is 1.27 bits per heavy atom. The molecule has 0 bridgehead atoms. The van der Waals surface area contributed by atoms with Gasteiger partial charge in [0.15, 0.2) is 12.4 Å². The van der Waals surface area contributed by atoms with Crippen LogP contribution in [0.3, 0.4) is 0 Å². The molecule has 0 atom stereocenters. The number of fused-ring (bicyclic) bond motifs is 1. The van der Waals surface area contributed by atoms with Gasteiger partial charge in [-0.25, -0.2) is 0 Å². The molecule has 0 aromatic heterocycles. The highest BCUT2D eigenvalue weighted by Gasteiger charge is 2.19. The SMILES string of the molecule is CC(C)N(CCC(=O)c1ccc2c(c1)NC(=O)CO2)C(C)C. The quantitative estimate of drug-likeness (QED) is 0.821. The minimum absolute atomic E-state index is 0.0258. The van der Waals surface area contributed by atoms with Crippen LogP contribution in [0.4, 0.5) is 5.69 Å². The topological polar surface area (TPSA) is 58.6 Å². The highest BCUT2D eigenvalue weighted by Crippen LogP contribution is 2.28. The molecule has 22 heavy (non-hydrogen) atoms. The van der Waals surface area contributed by atoms with E-state index in [0.29, 0.717) is 35.5 Å². The Hall–Kier alpha value is -1.88. The Morgan fingerprint density at radius 3 is 2.59 bits per heavy atom. The number of benzene rings is 1. The fourth-order valence-electron chi connectivity index (χ4n) is 2.74. The zero-order valence-electron chi connectivity index (χ0n) is 13.7. The summed E-state index contributed by atoms with van der Waals surface area (Å²) >= 11 is 0.